The summed E-state index contributed by atoms with van der Waals surface area (Å²) in [6, 6.07) is 16.9. The normalized spacial score (nSPS) is 11.4. The van der Waals surface area contributed by atoms with Crippen LogP contribution in [0, 0.1) is 13.8 Å². The van der Waals surface area contributed by atoms with E-state index in [-0.39, 0.29) is 5.95 Å². The number of furan rings is 1. The van der Waals surface area contributed by atoms with Crippen LogP contribution in [0.4, 0.5) is 0 Å². The molecular formula is C26H22BrN3O3. The summed E-state index contributed by atoms with van der Waals surface area (Å²) in [5.41, 5.74) is 5.48. The van der Waals surface area contributed by atoms with Crippen LogP contribution in [0.2, 0.25) is 0 Å². The van der Waals surface area contributed by atoms with Crippen LogP contribution >= 0.6 is 15.9 Å². The molecule has 0 saturated carbocycles. The monoisotopic (exact) mass is 503 g/mol. The minimum Gasteiger partial charge on any atom is -0.417 e. The van der Waals surface area contributed by atoms with Crippen molar-refractivity contribution in [2.45, 2.75) is 33.7 Å². The lowest BCUT2D eigenvalue weighted by Crippen LogP contribution is -2.07. The topological polar surface area (TPSA) is 70.2 Å². The molecule has 33 heavy (non-hydrogen) atoms. The number of rotatable bonds is 5. The second-order valence-corrected chi connectivity index (χ2v) is 8.74. The van der Waals surface area contributed by atoms with Crippen LogP contribution in [0.3, 0.4) is 0 Å². The van der Waals surface area contributed by atoms with Gasteiger partial charge in [0.25, 0.3) is 0 Å². The van der Waals surface area contributed by atoms with E-state index in [1.54, 1.807) is 24.3 Å². The number of fused-ring (bicyclic) bond motifs is 2. The fourth-order valence-electron chi connectivity index (χ4n) is 4.08. The molecule has 0 N–H and O–H groups in total. The number of halogens is 1. The highest BCUT2D eigenvalue weighted by Gasteiger charge is 2.19. The molecule has 0 atom stereocenters. The molecule has 3 aromatic heterocycles. The lowest BCUT2D eigenvalue weighted by molar-refractivity contribution is 0.0695. The van der Waals surface area contributed by atoms with Crippen molar-refractivity contribution >= 4 is 43.8 Å². The van der Waals surface area contributed by atoms with Crippen molar-refractivity contribution in [3.63, 3.8) is 0 Å². The van der Waals surface area contributed by atoms with Gasteiger partial charge in [0.15, 0.2) is 10.3 Å². The highest BCUT2D eigenvalue weighted by molar-refractivity contribution is 9.10. The molecule has 2 aromatic carbocycles. The Morgan fingerprint density at radius 1 is 1.06 bits per heavy atom. The van der Waals surface area contributed by atoms with Crippen LogP contribution in [0.15, 0.2) is 63.7 Å². The van der Waals surface area contributed by atoms with Gasteiger partial charge in [-0.15, -0.1) is 0 Å². The van der Waals surface area contributed by atoms with Gasteiger partial charge in [-0.2, -0.15) is 0 Å². The number of aromatic nitrogens is 3. The molecule has 6 nitrogen and oxygen atoms in total. The first kappa shape index (κ1) is 21.4. The van der Waals surface area contributed by atoms with E-state index in [4.69, 9.17) is 19.1 Å². The Bertz CT molecular complexity index is 1500. The van der Waals surface area contributed by atoms with Gasteiger partial charge in [0, 0.05) is 17.5 Å². The van der Waals surface area contributed by atoms with E-state index in [0.717, 1.165) is 51.0 Å². The first-order valence-corrected chi connectivity index (χ1v) is 11.6. The zero-order chi connectivity index (χ0) is 23.1. The second kappa shape index (κ2) is 8.48. The Labute approximate surface area is 199 Å². The van der Waals surface area contributed by atoms with Crippen molar-refractivity contribution in [3.05, 3.63) is 87.5 Å². The molecule has 0 saturated heterocycles. The van der Waals surface area contributed by atoms with E-state index in [0.29, 0.717) is 16.8 Å². The summed E-state index contributed by atoms with van der Waals surface area (Å²) < 4.78 is 14.0. The summed E-state index contributed by atoms with van der Waals surface area (Å²) in [6.07, 6.45) is 0.812. The molecule has 0 aliphatic heterocycles. The molecule has 5 aromatic rings. The summed E-state index contributed by atoms with van der Waals surface area (Å²) in [5.74, 6) is 0.708. The largest absolute Gasteiger partial charge is 0.417 e. The number of carbonyl (C=O) groups excluding carboxylic acids is 1. The highest BCUT2D eigenvalue weighted by atomic mass is 79.9. The number of hydrogen-bond donors (Lipinski definition) is 0. The molecule has 0 spiro atoms. The average molecular weight is 504 g/mol. The van der Waals surface area contributed by atoms with Crippen molar-refractivity contribution < 1.29 is 13.9 Å². The third-order valence-corrected chi connectivity index (χ3v) is 6.24. The van der Waals surface area contributed by atoms with Crippen LogP contribution in [0.5, 0.6) is 5.95 Å². The van der Waals surface area contributed by atoms with E-state index in [1.165, 1.54) is 0 Å². The molecule has 0 aliphatic rings. The van der Waals surface area contributed by atoms with Gasteiger partial charge in [0.1, 0.15) is 11.3 Å². The smallest absolute Gasteiger partial charge is 0.345 e. The minimum atomic E-state index is -0.461. The van der Waals surface area contributed by atoms with Gasteiger partial charge in [-0.05, 0) is 71.2 Å². The number of nitrogens with zero attached hydrogens (tertiary/aromatic N) is 3. The van der Waals surface area contributed by atoms with Crippen LogP contribution in [0.25, 0.3) is 21.9 Å². The summed E-state index contributed by atoms with van der Waals surface area (Å²) >= 11 is 3.47. The number of pyridine rings is 1. The lowest BCUT2D eigenvalue weighted by atomic mass is 10.1. The van der Waals surface area contributed by atoms with Crippen LogP contribution in [-0.4, -0.2) is 20.5 Å². The number of esters is 1. The van der Waals surface area contributed by atoms with Gasteiger partial charge >= 0.3 is 11.9 Å². The van der Waals surface area contributed by atoms with Crippen LogP contribution in [-0.2, 0) is 13.0 Å². The molecule has 0 aliphatic carbocycles. The van der Waals surface area contributed by atoms with E-state index in [1.807, 2.05) is 31.2 Å². The fourth-order valence-corrected chi connectivity index (χ4v) is 4.56. The second-order valence-electron chi connectivity index (χ2n) is 8.02. The van der Waals surface area contributed by atoms with Gasteiger partial charge in [-0.25, -0.2) is 14.8 Å². The molecule has 3 heterocycles. The van der Waals surface area contributed by atoms with E-state index >= 15 is 0 Å². The predicted octanol–water partition coefficient (Wildman–Crippen LogP) is 6.39. The van der Waals surface area contributed by atoms with Crippen LogP contribution in [0.1, 0.15) is 39.9 Å². The Hall–Kier alpha value is -3.45. The Balaban J connectivity index is 1.50. The molecule has 0 fully saturated rings. The molecule has 166 valence electrons. The summed E-state index contributed by atoms with van der Waals surface area (Å²) in [4.78, 5) is 22.1. The fraction of sp³-hybridized carbons (Fsp3) is 0.192. The summed E-state index contributed by atoms with van der Waals surface area (Å²) in [5, 5.41) is 1.57. The van der Waals surface area contributed by atoms with Crippen molar-refractivity contribution in [1.82, 2.24) is 14.5 Å². The highest BCUT2D eigenvalue weighted by Crippen LogP contribution is 2.37. The summed E-state index contributed by atoms with van der Waals surface area (Å²) in [6.45, 7) is 6.80. The van der Waals surface area contributed by atoms with Gasteiger partial charge in [-0.3, -0.25) is 0 Å². The first-order valence-electron chi connectivity index (χ1n) is 10.8. The molecular weight excluding hydrogens is 482 g/mol. The number of carbonyl (C=O) groups is 1. The molecule has 0 bridgehead atoms. The average Bonchev–Trinajstić information content (AvgIpc) is 3.31. The van der Waals surface area contributed by atoms with E-state index < -0.39 is 5.97 Å². The maximum atomic E-state index is 12.5. The van der Waals surface area contributed by atoms with Crippen molar-refractivity contribution in [1.29, 1.82) is 0 Å². The van der Waals surface area contributed by atoms with Crippen molar-refractivity contribution in [2.24, 2.45) is 0 Å². The number of benzene rings is 2. The maximum absolute atomic E-state index is 12.5. The molecule has 0 amide bonds. The van der Waals surface area contributed by atoms with Gasteiger partial charge in [-0.1, -0.05) is 31.2 Å². The standard InChI is InChI=1S/C26H22BrN3O3/c1-4-21-29-22-15(2)12-16(3)28-24(22)30(21)14-17-10-11-19-20(13-17)23(27)32-26(19)33-25(31)18-8-6-5-7-9-18/h5-13H,4,14H2,1-3H3. The SMILES string of the molecule is CCc1nc2c(C)cc(C)nc2n1Cc1ccc2c(OC(=O)c3ccccc3)oc(Br)c2c1. The number of imidazole rings is 1. The van der Waals surface area contributed by atoms with Gasteiger partial charge < -0.3 is 13.7 Å². The predicted molar refractivity (Wildman–Crippen MR) is 131 cm³/mol. The number of hydrogen-bond acceptors (Lipinski definition) is 5. The number of ether oxygens (including phenoxy) is 1. The van der Waals surface area contributed by atoms with Gasteiger partial charge in [0.2, 0.25) is 0 Å². The summed E-state index contributed by atoms with van der Waals surface area (Å²) in [7, 11) is 0. The minimum absolute atomic E-state index is 0.174. The number of aryl methyl sites for hydroxylation is 3. The zero-order valence-electron chi connectivity index (χ0n) is 18.6. The van der Waals surface area contributed by atoms with Gasteiger partial charge in [0.05, 0.1) is 17.5 Å². The first-order chi connectivity index (χ1) is 15.9. The quantitative estimate of drug-likeness (QED) is 0.260. The Morgan fingerprint density at radius 2 is 1.85 bits per heavy atom. The lowest BCUT2D eigenvalue weighted by Gasteiger charge is -2.09. The molecule has 0 radical (unpaired) electrons. The molecule has 7 heteroatoms. The molecule has 5 rings (SSSR count). The van der Waals surface area contributed by atoms with E-state index in [2.05, 4.69) is 40.4 Å². The molecule has 0 unspecified atom stereocenters. The maximum Gasteiger partial charge on any atom is 0.345 e. The Kier molecular flexibility index (Phi) is 5.50. The third kappa shape index (κ3) is 3.93. The zero-order valence-corrected chi connectivity index (χ0v) is 20.1. The van der Waals surface area contributed by atoms with Crippen LogP contribution < -0.4 is 4.74 Å². The van der Waals surface area contributed by atoms with Crippen molar-refractivity contribution in [3.8, 4) is 5.95 Å². The van der Waals surface area contributed by atoms with E-state index in [9.17, 15) is 4.79 Å². The van der Waals surface area contributed by atoms with Crippen molar-refractivity contribution in [2.75, 3.05) is 0 Å². The Morgan fingerprint density at radius 3 is 2.61 bits per heavy atom. The third-order valence-electron chi connectivity index (χ3n) is 5.65.